The van der Waals surface area contributed by atoms with Crippen molar-refractivity contribution in [2.75, 3.05) is 5.75 Å². The Morgan fingerprint density at radius 3 is 2.33 bits per heavy atom. The highest BCUT2D eigenvalue weighted by molar-refractivity contribution is 8.68. The molecule has 0 amide bonds. The number of hydrogen-bond acceptors (Lipinski definition) is 3. The van der Waals surface area contributed by atoms with E-state index < -0.39 is 0 Å². The Bertz CT molecular complexity index is 30.0. The van der Waals surface area contributed by atoms with Gasteiger partial charge in [0.1, 0.15) is 0 Å². The van der Waals surface area contributed by atoms with E-state index in [1.807, 2.05) is 6.08 Å². The van der Waals surface area contributed by atoms with E-state index in [9.17, 15) is 0 Å². The van der Waals surface area contributed by atoms with Crippen molar-refractivity contribution in [1.29, 1.82) is 0 Å². The third-order valence-corrected chi connectivity index (χ3v) is 1.02. The molecule has 0 fully saturated rings. The monoisotopic (exact) mass is 123 g/mol. The van der Waals surface area contributed by atoms with Crippen molar-refractivity contribution in [3.63, 3.8) is 0 Å². The fraction of sp³-hybridized carbons (Fsp3) is 0.333. The quantitative estimate of drug-likeness (QED) is 0.334. The first-order chi connectivity index (χ1) is 2.41. The molecule has 0 aliphatic heterocycles. The zero-order chi connectivity index (χ0) is 4.12. The van der Waals surface area contributed by atoms with Crippen molar-refractivity contribution in [2.45, 2.75) is 0 Å². The lowest BCUT2D eigenvalue weighted by Gasteiger charge is -1.72. The molecule has 0 atom stereocenters. The Kier molecular flexibility index (Phi) is 14.5. The number of thiol groups is 1. The van der Waals surface area contributed by atoms with E-state index in [0.717, 1.165) is 5.75 Å². The van der Waals surface area contributed by atoms with Crippen LogP contribution in [0.3, 0.4) is 0 Å². The van der Waals surface area contributed by atoms with Gasteiger partial charge in [0.15, 0.2) is 0 Å². The minimum absolute atomic E-state index is 0. The molecular formula is C3H9NS2. The van der Waals surface area contributed by atoms with Crippen molar-refractivity contribution in [3.05, 3.63) is 12.7 Å². The normalized spacial score (nSPS) is 6.17. The maximum Gasteiger partial charge on any atom is 0.0212 e. The summed E-state index contributed by atoms with van der Waals surface area (Å²) < 4.78 is 0. The molecule has 0 aromatic rings. The molecule has 0 rings (SSSR count). The van der Waals surface area contributed by atoms with Gasteiger partial charge in [0, 0.05) is 5.75 Å². The Balaban J connectivity index is 0. The van der Waals surface area contributed by atoms with Gasteiger partial charge in [-0.3, -0.25) is 0 Å². The Hall–Kier alpha value is 0.400. The average Bonchev–Trinajstić information content (AvgIpc) is 1.41. The van der Waals surface area contributed by atoms with Gasteiger partial charge in [-0.15, -0.1) is 18.2 Å². The summed E-state index contributed by atoms with van der Waals surface area (Å²) in [5, 5.41) is 0. The van der Waals surface area contributed by atoms with Crippen LogP contribution in [-0.2, 0) is 0 Å². The highest BCUT2D eigenvalue weighted by atomic mass is 33.1. The van der Waals surface area contributed by atoms with E-state index in [1.54, 1.807) is 0 Å². The van der Waals surface area contributed by atoms with Crippen LogP contribution >= 0.6 is 22.5 Å². The Morgan fingerprint density at radius 2 is 2.33 bits per heavy atom. The molecule has 3 N–H and O–H groups in total. The molecule has 38 valence electrons. The van der Waals surface area contributed by atoms with Crippen LogP contribution in [0, 0.1) is 0 Å². The zero-order valence-corrected chi connectivity index (χ0v) is 5.27. The second-order valence-electron chi connectivity index (χ2n) is 0.584. The molecule has 6 heavy (non-hydrogen) atoms. The molecule has 0 saturated carbocycles. The summed E-state index contributed by atoms with van der Waals surface area (Å²) in [5.41, 5.74) is 0. The summed E-state index contributed by atoms with van der Waals surface area (Å²) in [6.07, 6.45) is 1.82. The molecule has 0 aliphatic rings. The van der Waals surface area contributed by atoms with Crippen LogP contribution in [0.1, 0.15) is 0 Å². The van der Waals surface area contributed by atoms with Crippen LogP contribution < -0.4 is 6.15 Å². The van der Waals surface area contributed by atoms with Gasteiger partial charge in [-0.05, 0) is 0 Å². The molecule has 0 saturated heterocycles. The van der Waals surface area contributed by atoms with Crippen LogP contribution in [0.5, 0.6) is 0 Å². The fourth-order valence-electron chi connectivity index (χ4n) is 0.0527. The number of hydrogen-bond donors (Lipinski definition) is 2. The molecule has 3 heteroatoms. The summed E-state index contributed by atoms with van der Waals surface area (Å²) in [7, 11) is 1.48. The van der Waals surface area contributed by atoms with Crippen LogP contribution in [0.2, 0.25) is 0 Å². The van der Waals surface area contributed by atoms with Gasteiger partial charge >= 0.3 is 0 Å². The van der Waals surface area contributed by atoms with Crippen LogP contribution in [-0.4, -0.2) is 5.75 Å². The minimum Gasteiger partial charge on any atom is -0.344 e. The zero-order valence-electron chi connectivity index (χ0n) is 3.55. The molecule has 0 aromatic carbocycles. The maximum absolute atomic E-state index is 3.85. The van der Waals surface area contributed by atoms with Crippen molar-refractivity contribution in [1.82, 2.24) is 6.15 Å². The predicted molar refractivity (Wildman–Crippen MR) is 36.7 cm³/mol. The summed E-state index contributed by atoms with van der Waals surface area (Å²) in [6.45, 7) is 3.48. The van der Waals surface area contributed by atoms with Gasteiger partial charge in [-0.1, -0.05) is 16.9 Å². The molecule has 0 heterocycles. The van der Waals surface area contributed by atoms with Gasteiger partial charge in [0.2, 0.25) is 0 Å². The largest absolute Gasteiger partial charge is 0.344 e. The van der Waals surface area contributed by atoms with Gasteiger partial charge in [-0.25, -0.2) is 0 Å². The molecule has 0 aromatic heterocycles. The van der Waals surface area contributed by atoms with Crippen LogP contribution in [0.25, 0.3) is 0 Å². The molecule has 0 bridgehead atoms. The van der Waals surface area contributed by atoms with Crippen molar-refractivity contribution in [3.8, 4) is 0 Å². The lowest BCUT2D eigenvalue weighted by molar-refractivity contribution is 1.84. The Morgan fingerprint density at radius 1 is 1.83 bits per heavy atom. The molecule has 0 radical (unpaired) electrons. The van der Waals surface area contributed by atoms with E-state index in [-0.39, 0.29) is 6.15 Å². The maximum atomic E-state index is 3.85. The summed E-state index contributed by atoms with van der Waals surface area (Å²) >= 11 is 3.85. The second kappa shape index (κ2) is 9.04. The molecule has 0 spiro atoms. The van der Waals surface area contributed by atoms with Gasteiger partial charge in [-0.2, -0.15) is 0 Å². The lowest BCUT2D eigenvalue weighted by atomic mass is 10.8. The van der Waals surface area contributed by atoms with Crippen molar-refractivity contribution in [2.24, 2.45) is 0 Å². The smallest absolute Gasteiger partial charge is 0.0212 e. The Labute approximate surface area is 47.6 Å². The summed E-state index contributed by atoms with van der Waals surface area (Å²) in [5.74, 6) is 0.934. The highest BCUT2D eigenvalue weighted by Gasteiger charge is 1.62. The number of rotatable bonds is 2. The third kappa shape index (κ3) is 8.83. The van der Waals surface area contributed by atoms with E-state index in [1.165, 1.54) is 10.8 Å². The lowest BCUT2D eigenvalue weighted by Crippen LogP contribution is -1.52. The average molecular weight is 123 g/mol. The van der Waals surface area contributed by atoms with E-state index in [2.05, 4.69) is 18.2 Å². The van der Waals surface area contributed by atoms with Crippen molar-refractivity contribution < 1.29 is 0 Å². The van der Waals surface area contributed by atoms with E-state index >= 15 is 0 Å². The highest BCUT2D eigenvalue weighted by Crippen LogP contribution is 2.01. The summed E-state index contributed by atoms with van der Waals surface area (Å²) in [6, 6.07) is 0. The van der Waals surface area contributed by atoms with Gasteiger partial charge in [0.05, 0.1) is 0 Å². The predicted octanol–water partition coefficient (Wildman–Crippen LogP) is 1.91. The SMILES string of the molecule is C=CCSS.N. The summed E-state index contributed by atoms with van der Waals surface area (Å²) in [4.78, 5) is 0. The van der Waals surface area contributed by atoms with Crippen LogP contribution in [0.15, 0.2) is 12.7 Å². The molecular weight excluding hydrogens is 114 g/mol. The first kappa shape index (κ1) is 9.64. The fourth-order valence-corrected chi connectivity index (χ4v) is 0.474. The van der Waals surface area contributed by atoms with Gasteiger partial charge in [0.25, 0.3) is 0 Å². The standard InChI is InChI=1S/C3H6S2.H3N/c1-2-3-5-4;/h2,4H,1,3H2;1H3. The molecule has 0 aliphatic carbocycles. The van der Waals surface area contributed by atoms with E-state index in [0.29, 0.717) is 0 Å². The second-order valence-corrected chi connectivity index (χ2v) is 1.95. The van der Waals surface area contributed by atoms with E-state index in [4.69, 9.17) is 0 Å². The first-order valence-electron chi connectivity index (χ1n) is 1.29. The molecule has 0 unspecified atom stereocenters. The third-order valence-electron chi connectivity index (χ3n) is 0.192. The van der Waals surface area contributed by atoms with Crippen molar-refractivity contribution >= 4 is 22.5 Å². The van der Waals surface area contributed by atoms with Gasteiger partial charge < -0.3 is 6.15 Å². The topological polar surface area (TPSA) is 35.0 Å². The molecule has 1 nitrogen and oxygen atoms in total. The minimum atomic E-state index is 0. The first-order valence-corrected chi connectivity index (χ1v) is 3.33. The van der Waals surface area contributed by atoms with Crippen LogP contribution in [0.4, 0.5) is 0 Å².